The molecule has 134 valence electrons. The van der Waals surface area contributed by atoms with Crippen molar-refractivity contribution in [1.29, 1.82) is 0 Å². The SMILES string of the molecule is Cc1cc(CNc2ccc(Cl)cc2C(=O)N2C(C)CCCC2C)no1. The summed E-state index contributed by atoms with van der Waals surface area (Å²) in [5.74, 6) is 0.793. The molecule has 1 aliphatic rings. The van der Waals surface area contributed by atoms with Gasteiger partial charge in [0.1, 0.15) is 11.5 Å². The van der Waals surface area contributed by atoms with Gasteiger partial charge in [-0.05, 0) is 58.2 Å². The number of rotatable bonds is 4. The molecule has 1 aromatic heterocycles. The number of nitrogens with one attached hydrogen (secondary N) is 1. The smallest absolute Gasteiger partial charge is 0.256 e. The maximum atomic E-state index is 13.2. The lowest BCUT2D eigenvalue weighted by molar-refractivity contribution is 0.0512. The highest BCUT2D eigenvalue weighted by Gasteiger charge is 2.30. The van der Waals surface area contributed by atoms with Crippen LogP contribution >= 0.6 is 11.6 Å². The zero-order valence-electron chi connectivity index (χ0n) is 14.9. The van der Waals surface area contributed by atoms with E-state index in [9.17, 15) is 4.79 Å². The van der Waals surface area contributed by atoms with Crippen LogP contribution in [0.1, 0.15) is 54.9 Å². The Labute approximate surface area is 153 Å². The van der Waals surface area contributed by atoms with E-state index in [0.29, 0.717) is 17.1 Å². The number of hydrogen-bond donors (Lipinski definition) is 1. The van der Waals surface area contributed by atoms with Gasteiger partial charge in [0.15, 0.2) is 0 Å². The lowest BCUT2D eigenvalue weighted by atomic mass is 9.96. The van der Waals surface area contributed by atoms with Crippen molar-refractivity contribution >= 4 is 23.2 Å². The van der Waals surface area contributed by atoms with Gasteiger partial charge in [-0.1, -0.05) is 16.8 Å². The Morgan fingerprint density at radius 2 is 2.04 bits per heavy atom. The van der Waals surface area contributed by atoms with E-state index in [2.05, 4.69) is 24.3 Å². The molecule has 0 aliphatic carbocycles. The van der Waals surface area contributed by atoms with E-state index in [-0.39, 0.29) is 18.0 Å². The molecule has 2 atom stereocenters. The number of hydrogen-bond acceptors (Lipinski definition) is 4. The van der Waals surface area contributed by atoms with Crippen LogP contribution in [0.2, 0.25) is 5.02 Å². The van der Waals surface area contributed by atoms with Crippen LogP contribution < -0.4 is 5.32 Å². The normalized spacial score (nSPS) is 20.6. The van der Waals surface area contributed by atoms with Gasteiger partial charge in [0, 0.05) is 28.9 Å². The Morgan fingerprint density at radius 1 is 1.32 bits per heavy atom. The number of benzene rings is 1. The first-order chi connectivity index (χ1) is 12.0. The zero-order chi connectivity index (χ0) is 18.0. The van der Waals surface area contributed by atoms with Gasteiger partial charge in [-0.2, -0.15) is 0 Å². The summed E-state index contributed by atoms with van der Waals surface area (Å²) in [6.45, 7) is 6.57. The lowest BCUT2D eigenvalue weighted by Gasteiger charge is -2.39. The Kier molecular flexibility index (Phi) is 5.33. The molecule has 0 saturated carbocycles. The van der Waals surface area contributed by atoms with E-state index in [4.69, 9.17) is 16.1 Å². The summed E-state index contributed by atoms with van der Waals surface area (Å²) in [6, 6.07) is 7.73. The van der Waals surface area contributed by atoms with E-state index >= 15 is 0 Å². The molecule has 1 aliphatic heterocycles. The Balaban J connectivity index is 1.84. The van der Waals surface area contributed by atoms with Crippen molar-refractivity contribution < 1.29 is 9.32 Å². The number of carbonyl (C=O) groups is 1. The largest absolute Gasteiger partial charge is 0.379 e. The van der Waals surface area contributed by atoms with Gasteiger partial charge in [0.2, 0.25) is 0 Å². The van der Waals surface area contributed by atoms with Crippen LogP contribution in [0.15, 0.2) is 28.8 Å². The molecule has 1 saturated heterocycles. The summed E-state index contributed by atoms with van der Waals surface area (Å²) >= 11 is 6.17. The Hall–Kier alpha value is -2.01. The summed E-state index contributed by atoms with van der Waals surface area (Å²) in [4.78, 5) is 15.2. The van der Waals surface area contributed by atoms with Gasteiger partial charge in [-0.3, -0.25) is 4.79 Å². The highest BCUT2D eigenvalue weighted by Crippen LogP contribution is 2.29. The van der Waals surface area contributed by atoms with Crippen LogP contribution in [0.5, 0.6) is 0 Å². The topological polar surface area (TPSA) is 58.4 Å². The van der Waals surface area contributed by atoms with Gasteiger partial charge in [-0.15, -0.1) is 0 Å². The molecule has 1 amide bonds. The van der Waals surface area contributed by atoms with Gasteiger partial charge in [0.25, 0.3) is 5.91 Å². The number of halogens is 1. The minimum Gasteiger partial charge on any atom is -0.379 e. The monoisotopic (exact) mass is 361 g/mol. The summed E-state index contributed by atoms with van der Waals surface area (Å²) in [5, 5.41) is 7.83. The molecule has 0 bridgehead atoms. The van der Waals surface area contributed by atoms with Gasteiger partial charge < -0.3 is 14.7 Å². The molecule has 0 spiro atoms. The molecule has 1 aromatic carbocycles. The van der Waals surface area contributed by atoms with Crippen LogP contribution in [-0.4, -0.2) is 28.0 Å². The second kappa shape index (κ2) is 7.48. The van der Waals surface area contributed by atoms with Crippen molar-refractivity contribution in [1.82, 2.24) is 10.1 Å². The second-order valence-electron chi connectivity index (χ2n) is 6.81. The number of anilines is 1. The van der Waals surface area contributed by atoms with E-state index in [1.165, 1.54) is 0 Å². The number of aryl methyl sites for hydroxylation is 1. The first-order valence-corrected chi connectivity index (χ1v) is 9.12. The average molecular weight is 362 g/mol. The predicted octanol–water partition coefficient (Wildman–Crippen LogP) is 4.65. The van der Waals surface area contributed by atoms with Gasteiger partial charge >= 0.3 is 0 Å². The molecule has 5 nitrogen and oxygen atoms in total. The summed E-state index contributed by atoms with van der Waals surface area (Å²) in [6.07, 6.45) is 3.24. The highest BCUT2D eigenvalue weighted by molar-refractivity contribution is 6.31. The number of carbonyl (C=O) groups excluding carboxylic acids is 1. The fraction of sp³-hybridized carbons (Fsp3) is 0.474. The van der Waals surface area contributed by atoms with Crippen molar-refractivity contribution in [2.24, 2.45) is 0 Å². The molecule has 25 heavy (non-hydrogen) atoms. The molecule has 2 aromatic rings. The summed E-state index contributed by atoms with van der Waals surface area (Å²) in [7, 11) is 0. The molecule has 0 radical (unpaired) electrons. The fourth-order valence-electron chi connectivity index (χ4n) is 3.50. The molecule has 2 heterocycles. The molecule has 1 N–H and O–H groups in total. The first-order valence-electron chi connectivity index (χ1n) is 8.74. The number of likely N-dealkylation sites (tertiary alicyclic amines) is 1. The van der Waals surface area contributed by atoms with E-state index in [1.54, 1.807) is 12.1 Å². The van der Waals surface area contributed by atoms with E-state index in [0.717, 1.165) is 36.4 Å². The number of piperidine rings is 1. The third kappa shape index (κ3) is 3.98. The van der Waals surface area contributed by atoms with Crippen molar-refractivity contribution in [3.05, 3.63) is 46.3 Å². The summed E-state index contributed by atoms with van der Waals surface area (Å²) in [5.41, 5.74) is 2.17. The molecule has 2 unspecified atom stereocenters. The van der Waals surface area contributed by atoms with Crippen molar-refractivity contribution in [2.75, 3.05) is 5.32 Å². The van der Waals surface area contributed by atoms with Crippen LogP contribution in [-0.2, 0) is 6.54 Å². The number of aromatic nitrogens is 1. The summed E-state index contributed by atoms with van der Waals surface area (Å²) < 4.78 is 5.09. The van der Waals surface area contributed by atoms with Crippen LogP contribution in [0.3, 0.4) is 0 Å². The molecule has 6 heteroatoms. The van der Waals surface area contributed by atoms with Crippen LogP contribution in [0, 0.1) is 6.92 Å². The van der Waals surface area contributed by atoms with Crippen LogP contribution in [0.25, 0.3) is 0 Å². The fourth-order valence-corrected chi connectivity index (χ4v) is 3.67. The third-order valence-electron chi connectivity index (χ3n) is 4.78. The van der Waals surface area contributed by atoms with E-state index in [1.807, 2.05) is 24.0 Å². The molecule has 1 fully saturated rings. The third-order valence-corrected chi connectivity index (χ3v) is 5.01. The molecule has 3 rings (SSSR count). The number of amides is 1. The van der Waals surface area contributed by atoms with Gasteiger partial charge in [-0.25, -0.2) is 0 Å². The Bertz CT molecular complexity index is 749. The maximum Gasteiger partial charge on any atom is 0.256 e. The van der Waals surface area contributed by atoms with E-state index < -0.39 is 0 Å². The number of nitrogens with zero attached hydrogens (tertiary/aromatic N) is 2. The molecular weight excluding hydrogens is 338 g/mol. The minimum absolute atomic E-state index is 0.0287. The zero-order valence-corrected chi connectivity index (χ0v) is 15.6. The van der Waals surface area contributed by atoms with Crippen molar-refractivity contribution in [2.45, 2.75) is 58.7 Å². The average Bonchev–Trinajstić information content (AvgIpc) is 2.99. The quantitative estimate of drug-likeness (QED) is 0.861. The van der Waals surface area contributed by atoms with Crippen LogP contribution in [0.4, 0.5) is 5.69 Å². The predicted molar refractivity (Wildman–Crippen MR) is 99.0 cm³/mol. The lowest BCUT2D eigenvalue weighted by Crippen LogP contribution is -2.47. The standard InChI is InChI=1S/C19H24ClN3O2/c1-12-5-4-6-13(2)23(12)19(24)17-10-15(20)7-8-18(17)21-11-16-9-14(3)25-22-16/h7-10,12-13,21H,4-6,11H2,1-3H3. The Morgan fingerprint density at radius 3 is 2.68 bits per heavy atom. The first kappa shape index (κ1) is 17.8. The van der Waals surface area contributed by atoms with Crippen molar-refractivity contribution in [3.63, 3.8) is 0 Å². The highest BCUT2D eigenvalue weighted by atomic mass is 35.5. The second-order valence-corrected chi connectivity index (χ2v) is 7.25. The van der Waals surface area contributed by atoms with Gasteiger partial charge in [0.05, 0.1) is 12.1 Å². The maximum absolute atomic E-state index is 13.2. The van der Waals surface area contributed by atoms with Crippen molar-refractivity contribution in [3.8, 4) is 0 Å². The minimum atomic E-state index is 0.0287. The molecular formula is C19H24ClN3O2.